The Kier molecular flexibility index (Phi) is 5.11. The Hall–Kier alpha value is -1.56. The van der Waals surface area contributed by atoms with Gasteiger partial charge < -0.3 is 14.4 Å². The van der Waals surface area contributed by atoms with Crippen LogP contribution in [0.4, 0.5) is 4.79 Å². The number of ether oxygens (including phenoxy) is 2. The Morgan fingerprint density at radius 3 is 2.45 bits per heavy atom. The molecule has 2 rings (SSSR count). The molecule has 0 unspecified atom stereocenters. The Morgan fingerprint density at radius 2 is 1.91 bits per heavy atom. The molecular weight excluding hydrogens is 302 g/mol. The lowest BCUT2D eigenvalue weighted by molar-refractivity contribution is 0.0204. The van der Waals surface area contributed by atoms with Crippen molar-refractivity contribution in [1.82, 2.24) is 4.90 Å². The van der Waals surface area contributed by atoms with Crippen LogP contribution in [0.5, 0.6) is 0 Å². The number of hydrogen-bond acceptors (Lipinski definition) is 5. The van der Waals surface area contributed by atoms with E-state index in [1.165, 1.54) is 18.4 Å². The van der Waals surface area contributed by atoms with Crippen molar-refractivity contribution in [3.63, 3.8) is 0 Å². The van der Waals surface area contributed by atoms with Crippen LogP contribution in [0.3, 0.4) is 0 Å². The summed E-state index contributed by atoms with van der Waals surface area (Å²) in [7, 11) is 1.40. The van der Waals surface area contributed by atoms with Crippen LogP contribution in [-0.4, -0.2) is 42.8 Å². The maximum atomic E-state index is 12.1. The van der Waals surface area contributed by atoms with Gasteiger partial charge in [0, 0.05) is 13.1 Å². The van der Waals surface area contributed by atoms with Crippen molar-refractivity contribution in [1.29, 1.82) is 0 Å². The number of carbonyl (C=O) groups excluding carboxylic acids is 2. The van der Waals surface area contributed by atoms with E-state index in [-0.39, 0.29) is 12.1 Å². The van der Waals surface area contributed by atoms with E-state index < -0.39 is 5.60 Å². The fourth-order valence-corrected chi connectivity index (χ4v) is 3.50. The lowest BCUT2D eigenvalue weighted by Gasteiger charge is -2.33. The molecule has 1 aliphatic heterocycles. The molecule has 2 heterocycles. The van der Waals surface area contributed by atoms with Gasteiger partial charge in [-0.2, -0.15) is 0 Å². The highest BCUT2D eigenvalue weighted by atomic mass is 32.1. The van der Waals surface area contributed by atoms with Crippen LogP contribution in [0.2, 0.25) is 0 Å². The number of rotatable bonds is 2. The normalized spacial score (nSPS) is 16.5. The van der Waals surface area contributed by atoms with Crippen molar-refractivity contribution in [2.75, 3.05) is 20.2 Å². The van der Waals surface area contributed by atoms with Gasteiger partial charge in [0.2, 0.25) is 0 Å². The number of thiophene rings is 1. The molecule has 1 amide bonds. The van der Waals surface area contributed by atoms with Crippen molar-refractivity contribution < 1.29 is 19.1 Å². The third kappa shape index (κ3) is 4.00. The first-order chi connectivity index (χ1) is 10.3. The first kappa shape index (κ1) is 16.8. The maximum absolute atomic E-state index is 12.1. The van der Waals surface area contributed by atoms with Gasteiger partial charge in [0.1, 0.15) is 10.5 Å². The Labute approximate surface area is 135 Å². The fourth-order valence-electron chi connectivity index (χ4n) is 2.60. The molecule has 0 aliphatic carbocycles. The second-order valence-corrected chi connectivity index (χ2v) is 7.35. The molecular formula is C16H23NO4S. The minimum atomic E-state index is -0.473. The highest BCUT2D eigenvalue weighted by Gasteiger charge is 2.29. The van der Waals surface area contributed by atoms with Crippen LogP contribution in [-0.2, 0) is 9.47 Å². The van der Waals surface area contributed by atoms with Gasteiger partial charge in [-0.05, 0) is 56.5 Å². The third-order valence-electron chi connectivity index (χ3n) is 3.65. The van der Waals surface area contributed by atoms with E-state index in [0.29, 0.717) is 23.9 Å². The number of piperidine rings is 1. The number of nitrogens with zero attached hydrogens (tertiary/aromatic N) is 1. The number of methoxy groups -OCH3 is 1. The molecule has 0 spiro atoms. The molecule has 0 atom stereocenters. The molecule has 0 bridgehead atoms. The summed E-state index contributed by atoms with van der Waals surface area (Å²) in [6.45, 7) is 6.90. The average Bonchev–Trinajstić information content (AvgIpc) is 2.94. The SMILES string of the molecule is COC(=O)c1sccc1C1CCN(C(=O)OC(C)(C)C)CC1. The molecule has 1 aliphatic rings. The molecule has 1 saturated heterocycles. The number of carbonyl (C=O) groups is 2. The minimum Gasteiger partial charge on any atom is -0.465 e. The molecule has 122 valence electrons. The zero-order chi connectivity index (χ0) is 16.3. The maximum Gasteiger partial charge on any atom is 0.410 e. The zero-order valence-electron chi connectivity index (χ0n) is 13.5. The molecule has 0 N–H and O–H groups in total. The number of hydrogen-bond donors (Lipinski definition) is 0. The molecule has 5 nitrogen and oxygen atoms in total. The third-order valence-corrected chi connectivity index (χ3v) is 4.56. The van der Waals surface area contributed by atoms with Gasteiger partial charge in [-0.25, -0.2) is 9.59 Å². The van der Waals surface area contributed by atoms with Gasteiger partial charge in [-0.1, -0.05) is 0 Å². The lowest BCUT2D eigenvalue weighted by atomic mass is 9.90. The monoisotopic (exact) mass is 325 g/mol. The first-order valence-corrected chi connectivity index (χ1v) is 8.33. The van der Waals surface area contributed by atoms with Crippen molar-refractivity contribution in [3.05, 3.63) is 21.9 Å². The van der Waals surface area contributed by atoms with Crippen LogP contribution < -0.4 is 0 Å². The summed E-state index contributed by atoms with van der Waals surface area (Å²) in [6.07, 6.45) is 1.41. The first-order valence-electron chi connectivity index (χ1n) is 7.45. The van der Waals surface area contributed by atoms with Crippen molar-refractivity contribution in [2.24, 2.45) is 0 Å². The number of amides is 1. The van der Waals surface area contributed by atoms with Crippen molar-refractivity contribution in [3.8, 4) is 0 Å². The lowest BCUT2D eigenvalue weighted by Crippen LogP contribution is -2.41. The molecule has 22 heavy (non-hydrogen) atoms. The van der Waals surface area contributed by atoms with Crippen molar-refractivity contribution in [2.45, 2.75) is 45.1 Å². The molecule has 0 radical (unpaired) electrons. The summed E-state index contributed by atoms with van der Waals surface area (Å²) in [5.74, 6) is 0.0126. The van der Waals surface area contributed by atoms with E-state index in [1.54, 1.807) is 4.90 Å². The van der Waals surface area contributed by atoms with Gasteiger partial charge in [-0.15, -0.1) is 11.3 Å². The smallest absolute Gasteiger partial charge is 0.410 e. The molecule has 1 fully saturated rings. The zero-order valence-corrected chi connectivity index (χ0v) is 14.4. The molecule has 1 aromatic heterocycles. The highest BCUT2D eigenvalue weighted by molar-refractivity contribution is 7.12. The van der Waals surface area contributed by atoms with Crippen LogP contribution in [0.15, 0.2) is 11.4 Å². The van der Waals surface area contributed by atoms with Gasteiger partial charge in [-0.3, -0.25) is 0 Å². The summed E-state index contributed by atoms with van der Waals surface area (Å²) in [4.78, 5) is 26.3. The molecule has 1 aromatic rings. The van der Waals surface area contributed by atoms with Gasteiger partial charge in [0.15, 0.2) is 0 Å². The summed E-state index contributed by atoms with van der Waals surface area (Å²) in [5, 5.41) is 1.92. The largest absolute Gasteiger partial charge is 0.465 e. The highest BCUT2D eigenvalue weighted by Crippen LogP contribution is 2.33. The van der Waals surface area contributed by atoms with Crippen LogP contribution in [0.25, 0.3) is 0 Å². The average molecular weight is 325 g/mol. The predicted molar refractivity (Wildman–Crippen MR) is 85.4 cm³/mol. The Bertz CT molecular complexity index is 539. The van der Waals surface area contributed by atoms with E-state index in [9.17, 15) is 9.59 Å². The Balaban J connectivity index is 1.97. The number of esters is 1. The second kappa shape index (κ2) is 6.69. The van der Waals surface area contributed by atoms with Gasteiger partial charge in [0.25, 0.3) is 0 Å². The second-order valence-electron chi connectivity index (χ2n) is 6.44. The van der Waals surface area contributed by atoms with Crippen molar-refractivity contribution >= 4 is 23.4 Å². The summed E-state index contributed by atoms with van der Waals surface area (Å²) < 4.78 is 10.2. The summed E-state index contributed by atoms with van der Waals surface area (Å²) in [5.41, 5.74) is 0.569. The predicted octanol–water partition coefficient (Wildman–Crippen LogP) is 3.65. The van der Waals surface area contributed by atoms with Gasteiger partial charge in [0.05, 0.1) is 7.11 Å². The van der Waals surface area contributed by atoms with E-state index in [2.05, 4.69) is 0 Å². The quantitative estimate of drug-likeness (QED) is 0.779. The molecule has 0 saturated carbocycles. The van der Waals surface area contributed by atoms with E-state index in [4.69, 9.17) is 9.47 Å². The summed E-state index contributed by atoms with van der Waals surface area (Å²) in [6, 6.07) is 1.99. The van der Waals surface area contributed by atoms with E-state index >= 15 is 0 Å². The minimum absolute atomic E-state index is 0.260. The standard InChI is InChI=1S/C16H23NO4S/c1-16(2,3)21-15(19)17-8-5-11(6-9-17)12-7-10-22-13(12)14(18)20-4/h7,10-11H,5-6,8-9H2,1-4H3. The fraction of sp³-hybridized carbons (Fsp3) is 0.625. The topological polar surface area (TPSA) is 55.8 Å². The summed E-state index contributed by atoms with van der Waals surface area (Å²) >= 11 is 1.41. The van der Waals surface area contributed by atoms with Gasteiger partial charge >= 0.3 is 12.1 Å². The van der Waals surface area contributed by atoms with Crippen LogP contribution in [0, 0.1) is 0 Å². The Morgan fingerprint density at radius 1 is 1.27 bits per heavy atom. The van der Waals surface area contributed by atoms with Crippen LogP contribution in [0.1, 0.15) is 54.8 Å². The van der Waals surface area contributed by atoms with E-state index in [0.717, 1.165) is 18.4 Å². The molecule has 0 aromatic carbocycles. The molecule has 6 heteroatoms. The number of likely N-dealkylation sites (tertiary alicyclic amines) is 1. The van der Waals surface area contributed by atoms with E-state index in [1.807, 2.05) is 32.2 Å². The van der Waals surface area contributed by atoms with Crippen LogP contribution >= 0.6 is 11.3 Å².